The van der Waals surface area contributed by atoms with Crippen molar-refractivity contribution in [2.75, 3.05) is 6.73 Å². The van der Waals surface area contributed by atoms with Gasteiger partial charge < -0.3 is 4.74 Å². The first-order valence-corrected chi connectivity index (χ1v) is 8.56. The number of ketones is 1. The molecular formula is C17H12ClNO5S. The van der Waals surface area contributed by atoms with Gasteiger partial charge in [0.15, 0.2) is 12.5 Å². The second-order valence-corrected chi connectivity index (χ2v) is 6.97. The summed E-state index contributed by atoms with van der Waals surface area (Å²) in [6.07, 6.45) is -0.171. The number of carbonyl (C=O) groups is 4. The standard InChI is InChI=1S/C17H12ClNO5S/c18-14-7-6-13(25-14)12(20)5-8-15(21)24-9-19-16(22)10-3-1-2-4-11(10)17(19)23/h1-4,6-7H,5,8-9H2. The summed E-state index contributed by atoms with van der Waals surface area (Å²) >= 11 is 6.90. The summed E-state index contributed by atoms with van der Waals surface area (Å²) in [5.74, 6) is -1.88. The topological polar surface area (TPSA) is 80.8 Å². The van der Waals surface area contributed by atoms with Crippen LogP contribution in [0.1, 0.15) is 43.2 Å². The summed E-state index contributed by atoms with van der Waals surface area (Å²) in [6, 6.07) is 9.61. The number of imide groups is 1. The smallest absolute Gasteiger partial charge is 0.307 e. The van der Waals surface area contributed by atoms with Crippen LogP contribution >= 0.6 is 22.9 Å². The van der Waals surface area contributed by atoms with E-state index in [0.29, 0.717) is 9.21 Å². The van der Waals surface area contributed by atoms with Crippen molar-refractivity contribution in [2.45, 2.75) is 12.8 Å². The van der Waals surface area contributed by atoms with E-state index in [1.165, 1.54) is 0 Å². The van der Waals surface area contributed by atoms with Crippen LogP contribution in [0.15, 0.2) is 36.4 Å². The molecule has 0 saturated carbocycles. The first-order valence-electron chi connectivity index (χ1n) is 7.37. The SMILES string of the molecule is O=C(CCC(=O)c1ccc(Cl)s1)OCN1C(=O)c2ccccc2C1=O. The van der Waals surface area contributed by atoms with Crippen LogP contribution < -0.4 is 0 Å². The Hall–Kier alpha value is -2.51. The zero-order chi connectivity index (χ0) is 18.0. The average molecular weight is 378 g/mol. The minimum absolute atomic E-state index is 0.0300. The summed E-state index contributed by atoms with van der Waals surface area (Å²) in [5, 5.41) is 0. The lowest BCUT2D eigenvalue weighted by Gasteiger charge is -2.13. The lowest BCUT2D eigenvalue weighted by Crippen LogP contribution is -2.33. The molecule has 25 heavy (non-hydrogen) atoms. The first-order chi connectivity index (χ1) is 12.0. The number of thiophene rings is 1. The number of amides is 2. The molecule has 2 aromatic rings. The van der Waals surface area contributed by atoms with Gasteiger partial charge in [0, 0.05) is 6.42 Å². The van der Waals surface area contributed by atoms with Crippen molar-refractivity contribution in [3.63, 3.8) is 0 Å². The lowest BCUT2D eigenvalue weighted by atomic mass is 10.1. The van der Waals surface area contributed by atoms with Crippen LogP contribution in [-0.4, -0.2) is 35.2 Å². The van der Waals surface area contributed by atoms with Crippen molar-refractivity contribution in [3.05, 3.63) is 56.7 Å². The molecule has 2 heterocycles. The van der Waals surface area contributed by atoms with Gasteiger partial charge in [-0.2, -0.15) is 0 Å². The Morgan fingerprint density at radius 2 is 1.64 bits per heavy atom. The Morgan fingerprint density at radius 1 is 1.00 bits per heavy atom. The predicted octanol–water partition coefficient (Wildman–Crippen LogP) is 3.16. The molecule has 0 saturated heterocycles. The molecule has 0 bridgehead atoms. The number of ether oxygens (including phenoxy) is 1. The highest BCUT2D eigenvalue weighted by Gasteiger charge is 2.35. The summed E-state index contributed by atoms with van der Waals surface area (Å²) < 4.78 is 5.46. The molecule has 6 nitrogen and oxygen atoms in total. The van der Waals surface area contributed by atoms with Crippen molar-refractivity contribution in [2.24, 2.45) is 0 Å². The zero-order valence-corrected chi connectivity index (χ0v) is 14.4. The molecule has 0 N–H and O–H groups in total. The van der Waals surface area contributed by atoms with Crippen molar-refractivity contribution in [1.29, 1.82) is 0 Å². The van der Waals surface area contributed by atoms with Gasteiger partial charge in [-0.1, -0.05) is 23.7 Å². The fourth-order valence-electron chi connectivity index (χ4n) is 2.37. The van der Waals surface area contributed by atoms with Crippen LogP contribution in [0, 0.1) is 0 Å². The number of Topliss-reactive ketones (excluding diaryl/α,β-unsaturated/α-hetero) is 1. The molecule has 0 unspecified atom stereocenters. The van der Waals surface area contributed by atoms with Crippen LogP contribution in [0.25, 0.3) is 0 Å². The number of halogens is 1. The second kappa shape index (κ2) is 7.16. The van der Waals surface area contributed by atoms with E-state index in [2.05, 4.69) is 0 Å². The number of hydrogen-bond acceptors (Lipinski definition) is 6. The lowest BCUT2D eigenvalue weighted by molar-refractivity contribution is -0.146. The Bertz CT molecular complexity index is 840. The molecule has 3 rings (SSSR count). The van der Waals surface area contributed by atoms with Gasteiger partial charge in [-0.15, -0.1) is 11.3 Å². The molecule has 2 amide bonds. The Labute approximate surface area is 152 Å². The Kier molecular flexibility index (Phi) is 4.96. The van der Waals surface area contributed by atoms with Gasteiger partial charge in [-0.3, -0.25) is 19.2 Å². The predicted molar refractivity (Wildman–Crippen MR) is 90.8 cm³/mol. The number of nitrogens with zero attached hydrogens (tertiary/aromatic N) is 1. The van der Waals surface area contributed by atoms with E-state index < -0.39 is 24.5 Å². The molecule has 128 valence electrons. The minimum Gasteiger partial charge on any atom is -0.444 e. The van der Waals surface area contributed by atoms with E-state index >= 15 is 0 Å². The van der Waals surface area contributed by atoms with Gasteiger partial charge in [0.05, 0.1) is 26.8 Å². The van der Waals surface area contributed by atoms with Crippen LogP contribution in [0.5, 0.6) is 0 Å². The molecule has 8 heteroatoms. The van der Waals surface area contributed by atoms with E-state index in [9.17, 15) is 19.2 Å². The zero-order valence-electron chi connectivity index (χ0n) is 12.9. The Balaban J connectivity index is 1.51. The third-order valence-electron chi connectivity index (χ3n) is 3.64. The van der Waals surface area contributed by atoms with Crippen LogP contribution in [-0.2, 0) is 9.53 Å². The number of benzene rings is 1. The molecule has 0 spiro atoms. The maximum Gasteiger partial charge on any atom is 0.307 e. The van der Waals surface area contributed by atoms with Gasteiger partial charge >= 0.3 is 5.97 Å². The average Bonchev–Trinajstić information content (AvgIpc) is 3.14. The quantitative estimate of drug-likeness (QED) is 0.439. The van der Waals surface area contributed by atoms with Crippen molar-refractivity contribution in [1.82, 2.24) is 4.90 Å². The van der Waals surface area contributed by atoms with Crippen molar-refractivity contribution >= 4 is 46.5 Å². The monoisotopic (exact) mass is 377 g/mol. The van der Waals surface area contributed by atoms with Gasteiger partial charge in [0.1, 0.15) is 0 Å². The van der Waals surface area contributed by atoms with E-state index in [4.69, 9.17) is 16.3 Å². The van der Waals surface area contributed by atoms with Gasteiger partial charge in [-0.05, 0) is 24.3 Å². The summed E-state index contributed by atoms with van der Waals surface area (Å²) in [4.78, 5) is 49.3. The van der Waals surface area contributed by atoms with E-state index in [1.807, 2.05) is 0 Å². The molecule has 1 aromatic heterocycles. The molecule has 0 fully saturated rings. The molecule has 1 aromatic carbocycles. The maximum atomic E-state index is 12.1. The van der Waals surface area contributed by atoms with Crippen molar-refractivity contribution < 1.29 is 23.9 Å². The number of rotatable bonds is 6. The third kappa shape index (κ3) is 3.62. The van der Waals surface area contributed by atoms with Gasteiger partial charge in [0.25, 0.3) is 11.8 Å². The van der Waals surface area contributed by atoms with E-state index in [0.717, 1.165) is 16.2 Å². The van der Waals surface area contributed by atoms with Gasteiger partial charge in [0.2, 0.25) is 0 Å². The fourth-order valence-corrected chi connectivity index (χ4v) is 3.38. The van der Waals surface area contributed by atoms with Crippen LogP contribution in [0.2, 0.25) is 4.34 Å². The van der Waals surface area contributed by atoms with Crippen molar-refractivity contribution in [3.8, 4) is 0 Å². The number of esters is 1. The van der Waals surface area contributed by atoms with Gasteiger partial charge in [-0.25, -0.2) is 4.90 Å². The summed E-state index contributed by atoms with van der Waals surface area (Å²) in [7, 11) is 0. The molecule has 0 radical (unpaired) electrons. The molecule has 1 aliphatic heterocycles. The molecular weight excluding hydrogens is 366 g/mol. The second-order valence-electron chi connectivity index (χ2n) is 5.26. The van der Waals surface area contributed by atoms with Crippen LogP contribution in [0.4, 0.5) is 0 Å². The van der Waals surface area contributed by atoms with Crippen LogP contribution in [0.3, 0.4) is 0 Å². The molecule has 1 aliphatic rings. The number of fused-ring (bicyclic) bond motifs is 1. The summed E-state index contributed by atoms with van der Waals surface area (Å²) in [5.41, 5.74) is 0.571. The number of hydrogen-bond donors (Lipinski definition) is 0. The largest absolute Gasteiger partial charge is 0.444 e. The Morgan fingerprint density at radius 3 is 2.20 bits per heavy atom. The maximum absolute atomic E-state index is 12.1. The first kappa shape index (κ1) is 17.3. The van der Waals surface area contributed by atoms with E-state index in [-0.39, 0.29) is 29.8 Å². The fraction of sp³-hybridized carbons (Fsp3) is 0.176. The van der Waals surface area contributed by atoms with E-state index in [1.54, 1.807) is 36.4 Å². The third-order valence-corrected chi connectivity index (χ3v) is 4.91. The normalized spacial score (nSPS) is 13.1. The molecule has 0 aliphatic carbocycles. The highest BCUT2D eigenvalue weighted by Crippen LogP contribution is 2.24. The summed E-state index contributed by atoms with van der Waals surface area (Å²) in [6.45, 7) is -0.468. The highest BCUT2D eigenvalue weighted by molar-refractivity contribution is 7.18. The minimum atomic E-state index is -0.660. The number of carbonyl (C=O) groups excluding carboxylic acids is 4. The molecule has 0 atom stereocenters. The highest BCUT2D eigenvalue weighted by atomic mass is 35.5.